The Labute approximate surface area is 127 Å². The SMILES string of the molecule is N#C[C@H](NC(=O)CC1(O)CCCCC1)c1ccc(F)cc1F. The number of nitrogens with one attached hydrogen (secondary N) is 1. The van der Waals surface area contributed by atoms with E-state index in [-0.39, 0.29) is 12.0 Å². The molecule has 1 atom stereocenters. The number of nitrogens with zero attached hydrogens (tertiary/aromatic N) is 1. The first-order chi connectivity index (χ1) is 10.4. The smallest absolute Gasteiger partial charge is 0.224 e. The highest BCUT2D eigenvalue weighted by atomic mass is 19.1. The molecule has 0 aromatic heterocycles. The van der Waals surface area contributed by atoms with E-state index in [1.54, 1.807) is 6.07 Å². The lowest BCUT2D eigenvalue weighted by Crippen LogP contribution is -2.39. The summed E-state index contributed by atoms with van der Waals surface area (Å²) in [5, 5.41) is 21.8. The Bertz CT molecular complexity index is 592. The molecule has 22 heavy (non-hydrogen) atoms. The highest BCUT2D eigenvalue weighted by Crippen LogP contribution is 2.31. The van der Waals surface area contributed by atoms with E-state index in [0.717, 1.165) is 31.4 Å². The average Bonchev–Trinajstić information content (AvgIpc) is 2.45. The van der Waals surface area contributed by atoms with Crippen molar-refractivity contribution in [1.82, 2.24) is 5.32 Å². The second-order valence-corrected chi connectivity index (χ2v) is 5.76. The zero-order valence-corrected chi connectivity index (χ0v) is 12.1. The zero-order valence-electron chi connectivity index (χ0n) is 12.1. The van der Waals surface area contributed by atoms with Crippen LogP contribution in [0.1, 0.15) is 50.1 Å². The number of nitriles is 1. The van der Waals surface area contributed by atoms with Crippen molar-refractivity contribution >= 4 is 5.91 Å². The van der Waals surface area contributed by atoms with Crippen LogP contribution in [0.3, 0.4) is 0 Å². The van der Waals surface area contributed by atoms with Gasteiger partial charge in [-0.25, -0.2) is 8.78 Å². The minimum atomic E-state index is -1.21. The molecule has 0 heterocycles. The molecule has 1 aliphatic rings. The summed E-state index contributed by atoms with van der Waals surface area (Å²) in [7, 11) is 0. The van der Waals surface area contributed by atoms with Gasteiger partial charge in [-0.3, -0.25) is 4.79 Å². The van der Waals surface area contributed by atoms with Crippen molar-refractivity contribution in [2.75, 3.05) is 0 Å². The molecule has 2 N–H and O–H groups in total. The Balaban J connectivity index is 2.03. The topological polar surface area (TPSA) is 73.1 Å². The van der Waals surface area contributed by atoms with Crippen LogP contribution in [0.4, 0.5) is 8.78 Å². The zero-order chi connectivity index (χ0) is 16.2. The average molecular weight is 308 g/mol. The normalized spacial score (nSPS) is 18.3. The van der Waals surface area contributed by atoms with Crippen LogP contribution in [0.5, 0.6) is 0 Å². The van der Waals surface area contributed by atoms with Crippen LogP contribution in [0, 0.1) is 23.0 Å². The lowest BCUT2D eigenvalue weighted by molar-refractivity contribution is -0.127. The summed E-state index contributed by atoms with van der Waals surface area (Å²) in [5.74, 6) is -2.15. The second kappa shape index (κ2) is 6.84. The first-order valence-corrected chi connectivity index (χ1v) is 7.30. The summed E-state index contributed by atoms with van der Waals surface area (Å²) >= 11 is 0. The molecule has 1 aromatic rings. The minimum absolute atomic E-state index is 0.0899. The predicted octanol–water partition coefficient (Wildman–Crippen LogP) is 2.73. The number of carbonyl (C=O) groups excluding carboxylic acids is 1. The van der Waals surface area contributed by atoms with Gasteiger partial charge in [-0.2, -0.15) is 5.26 Å². The Kier molecular flexibility index (Phi) is 5.09. The number of benzene rings is 1. The van der Waals surface area contributed by atoms with Crippen molar-refractivity contribution in [2.45, 2.75) is 50.2 Å². The first kappa shape index (κ1) is 16.4. The number of aliphatic hydroxyl groups is 1. The van der Waals surface area contributed by atoms with Crippen molar-refractivity contribution in [3.8, 4) is 6.07 Å². The van der Waals surface area contributed by atoms with Crippen molar-refractivity contribution in [3.63, 3.8) is 0 Å². The monoisotopic (exact) mass is 308 g/mol. The van der Waals surface area contributed by atoms with Gasteiger partial charge in [-0.05, 0) is 18.9 Å². The van der Waals surface area contributed by atoms with E-state index in [0.29, 0.717) is 18.9 Å². The summed E-state index contributed by atoms with van der Waals surface area (Å²) in [6, 6.07) is 3.41. The van der Waals surface area contributed by atoms with E-state index < -0.39 is 29.2 Å². The maximum absolute atomic E-state index is 13.7. The van der Waals surface area contributed by atoms with Crippen molar-refractivity contribution in [3.05, 3.63) is 35.4 Å². The Morgan fingerprint density at radius 3 is 2.64 bits per heavy atom. The summed E-state index contributed by atoms with van der Waals surface area (Å²) < 4.78 is 26.6. The van der Waals surface area contributed by atoms with Crippen LogP contribution in [-0.4, -0.2) is 16.6 Å². The molecule has 0 bridgehead atoms. The van der Waals surface area contributed by atoms with Crippen molar-refractivity contribution in [1.29, 1.82) is 5.26 Å². The molecule has 1 aromatic carbocycles. The van der Waals surface area contributed by atoms with Gasteiger partial charge in [0.25, 0.3) is 0 Å². The van der Waals surface area contributed by atoms with Gasteiger partial charge in [0.1, 0.15) is 17.7 Å². The first-order valence-electron chi connectivity index (χ1n) is 7.30. The number of carbonyl (C=O) groups is 1. The quantitative estimate of drug-likeness (QED) is 0.898. The maximum Gasteiger partial charge on any atom is 0.224 e. The van der Waals surface area contributed by atoms with Crippen LogP contribution in [0.2, 0.25) is 0 Å². The second-order valence-electron chi connectivity index (χ2n) is 5.76. The molecule has 0 spiro atoms. The van der Waals surface area contributed by atoms with E-state index in [4.69, 9.17) is 5.26 Å². The van der Waals surface area contributed by atoms with E-state index in [1.807, 2.05) is 0 Å². The van der Waals surface area contributed by atoms with Crippen LogP contribution in [0.25, 0.3) is 0 Å². The Hall–Kier alpha value is -2.00. The molecule has 1 amide bonds. The van der Waals surface area contributed by atoms with Crippen molar-refractivity contribution < 1.29 is 18.7 Å². The fourth-order valence-electron chi connectivity index (χ4n) is 2.81. The molecule has 4 nitrogen and oxygen atoms in total. The van der Waals surface area contributed by atoms with Crippen LogP contribution in [0.15, 0.2) is 18.2 Å². The molecule has 0 saturated heterocycles. The molecular weight excluding hydrogens is 290 g/mol. The molecule has 1 saturated carbocycles. The van der Waals surface area contributed by atoms with Gasteiger partial charge in [-0.15, -0.1) is 0 Å². The van der Waals surface area contributed by atoms with E-state index >= 15 is 0 Å². The molecule has 1 aliphatic carbocycles. The minimum Gasteiger partial charge on any atom is -0.389 e. The van der Waals surface area contributed by atoms with Crippen LogP contribution in [-0.2, 0) is 4.79 Å². The molecule has 0 aliphatic heterocycles. The van der Waals surface area contributed by atoms with E-state index in [2.05, 4.69) is 5.32 Å². The highest BCUT2D eigenvalue weighted by Gasteiger charge is 2.32. The molecular formula is C16H18F2N2O2. The number of hydrogen-bond acceptors (Lipinski definition) is 3. The number of amides is 1. The molecule has 118 valence electrons. The van der Waals surface area contributed by atoms with E-state index in [9.17, 15) is 18.7 Å². The fraction of sp³-hybridized carbons (Fsp3) is 0.500. The maximum atomic E-state index is 13.7. The standard InChI is InChI=1S/C16H18F2N2O2/c17-11-4-5-12(13(18)8-11)14(10-19)20-15(21)9-16(22)6-2-1-3-7-16/h4-5,8,14,22H,1-3,6-7,9H2,(H,20,21)/t14-/m0/s1. The van der Waals surface area contributed by atoms with E-state index in [1.165, 1.54) is 0 Å². The summed E-state index contributed by atoms with van der Waals surface area (Å²) in [6.45, 7) is 0. The summed E-state index contributed by atoms with van der Waals surface area (Å²) in [6.07, 6.45) is 3.72. The number of halogens is 2. The largest absolute Gasteiger partial charge is 0.389 e. The van der Waals surface area contributed by atoms with Crippen molar-refractivity contribution in [2.24, 2.45) is 0 Å². The van der Waals surface area contributed by atoms with Crippen LogP contribution < -0.4 is 5.32 Å². The third-order valence-corrected chi connectivity index (χ3v) is 3.98. The molecule has 6 heteroatoms. The highest BCUT2D eigenvalue weighted by molar-refractivity contribution is 5.78. The molecule has 0 radical (unpaired) electrons. The van der Waals surface area contributed by atoms with Gasteiger partial charge in [0.15, 0.2) is 0 Å². The molecule has 1 fully saturated rings. The van der Waals surface area contributed by atoms with Crippen LogP contribution >= 0.6 is 0 Å². The third-order valence-electron chi connectivity index (χ3n) is 3.98. The molecule has 0 unspecified atom stereocenters. The van der Waals surface area contributed by atoms with Gasteiger partial charge < -0.3 is 10.4 Å². The molecule has 2 rings (SSSR count). The Morgan fingerprint density at radius 1 is 1.36 bits per heavy atom. The predicted molar refractivity (Wildman–Crippen MR) is 75.5 cm³/mol. The Morgan fingerprint density at radius 2 is 2.05 bits per heavy atom. The van der Waals surface area contributed by atoms with Gasteiger partial charge in [-0.1, -0.05) is 25.3 Å². The lowest BCUT2D eigenvalue weighted by Gasteiger charge is -2.31. The number of rotatable bonds is 4. The van der Waals surface area contributed by atoms with Gasteiger partial charge >= 0.3 is 0 Å². The fourth-order valence-corrected chi connectivity index (χ4v) is 2.81. The van der Waals surface area contributed by atoms with Gasteiger partial charge in [0, 0.05) is 11.6 Å². The third kappa shape index (κ3) is 4.01. The van der Waals surface area contributed by atoms with Gasteiger partial charge in [0.05, 0.1) is 18.1 Å². The number of hydrogen-bond donors (Lipinski definition) is 2. The lowest BCUT2D eigenvalue weighted by atomic mass is 9.82. The van der Waals surface area contributed by atoms with Gasteiger partial charge in [0.2, 0.25) is 5.91 Å². The summed E-state index contributed by atoms with van der Waals surface area (Å²) in [5.41, 5.74) is -1.14. The summed E-state index contributed by atoms with van der Waals surface area (Å²) in [4.78, 5) is 12.0.